The van der Waals surface area contributed by atoms with Gasteiger partial charge in [0, 0.05) is 59.7 Å². The van der Waals surface area contributed by atoms with E-state index in [9.17, 15) is 0 Å². The van der Waals surface area contributed by atoms with E-state index in [4.69, 9.17) is 28.9 Å². The molecule has 0 amide bonds. The van der Waals surface area contributed by atoms with Crippen molar-refractivity contribution in [2.45, 2.75) is 0 Å². The van der Waals surface area contributed by atoms with Crippen LogP contribution in [0.1, 0.15) is 0 Å². The number of anilines is 1. The van der Waals surface area contributed by atoms with Gasteiger partial charge in [-0.2, -0.15) is 5.10 Å². The lowest BCUT2D eigenvalue weighted by molar-refractivity contribution is 0.771. The van der Waals surface area contributed by atoms with Crippen LogP contribution in [-0.4, -0.2) is 19.7 Å². The summed E-state index contributed by atoms with van der Waals surface area (Å²) in [4.78, 5) is 8.52. The van der Waals surface area contributed by atoms with Crippen LogP contribution < -0.4 is 5.73 Å². The van der Waals surface area contributed by atoms with Crippen LogP contribution in [0, 0.1) is 0 Å². The molecule has 0 aliphatic carbocycles. The van der Waals surface area contributed by atoms with E-state index in [0.29, 0.717) is 21.6 Å². The summed E-state index contributed by atoms with van der Waals surface area (Å²) in [6.45, 7) is 0. The summed E-state index contributed by atoms with van der Waals surface area (Å²) in [6, 6.07) is 11.3. The van der Waals surface area contributed by atoms with Gasteiger partial charge in [-0.25, -0.2) is 4.98 Å². The second-order valence-electron chi connectivity index (χ2n) is 6.06. The molecule has 7 heteroatoms. The number of nitrogens with two attached hydrogens (primary N) is 1. The minimum absolute atomic E-state index is 0.390. The summed E-state index contributed by atoms with van der Waals surface area (Å²) in [5, 5.41) is 5.56. The van der Waals surface area contributed by atoms with Gasteiger partial charge >= 0.3 is 0 Å². The number of benzene rings is 1. The van der Waals surface area contributed by atoms with Gasteiger partial charge in [-0.15, -0.1) is 0 Å². The molecule has 4 rings (SSSR count). The summed E-state index contributed by atoms with van der Waals surface area (Å²) in [5.74, 6) is 0.390. The van der Waals surface area contributed by atoms with Crippen molar-refractivity contribution in [3.63, 3.8) is 0 Å². The molecule has 2 N–H and O–H groups in total. The minimum atomic E-state index is 0.390. The number of aromatic nitrogens is 4. The maximum absolute atomic E-state index is 6.44. The molecule has 134 valence electrons. The first kappa shape index (κ1) is 17.5. The molecule has 1 aromatic carbocycles. The average molecular weight is 396 g/mol. The second kappa shape index (κ2) is 7.02. The van der Waals surface area contributed by atoms with E-state index in [1.807, 2.05) is 43.6 Å². The van der Waals surface area contributed by atoms with Crippen molar-refractivity contribution in [2.75, 3.05) is 5.73 Å². The van der Waals surface area contributed by atoms with Gasteiger partial charge in [-0.1, -0.05) is 41.4 Å². The summed E-state index contributed by atoms with van der Waals surface area (Å²) in [6.07, 6.45) is 7.13. The van der Waals surface area contributed by atoms with Crippen molar-refractivity contribution in [3.8, 4) is 33.5 Å². The molecule has 0 saturated heterocycles. The smallest absolute Gasteiger partial charge is 0.132 e. The zero-order chi connectivity index (χ0) is 19.0. The first-order chi connectivity index (χ1) is 13.0. The van der Waals surface area contributed by atoms with Gasteiger partial charge in [0.25, 0.3) is 0 Å². The number of rotatable bonds is 3. The molecular formula is C20H15Cl2N5. The minimum Gasteiger partial charge on any atom is -0.383 e. The predicted molar refractivity (Wildman–Crippen MR) is 110 cm³/mol. The fourth-order valence-corrected chi connectivity index (χ4v) is 3.36. The summed E-state index contributed by atoms with van der Waals surface area (Å²) >= 11 is 12.6. The standard InChI is InChI=1S/C20H15Cl2N5/c1-27-11-16(14-5-2-6-17(21)18(14)22)19(26-27)15-8-13(10-25-20(15)23)12-4-3-7-24-9-12/h2-11H,1H3,(H2,23,25). The van der Waals surface area contributed by atoms with E-state index in [1.165, 1.54) is 0 Å². The van der Waals surface area contributed by atoms with Gasteiger partial charge in [-0.3, -0.25) is 9.67 Å². The molecule has 3 aromatic heterocycles. The number of nitrogen functional groups attached to an aromatic ring is 1. The molecule has 3 heterocycles. The zero-order valence-corrected chi connectivity index (χ0v) is 15.9. The largest absolute Gasteiger partial charge is 0.383 e. The maximum atomic E-state index is 6.44. The van der Waals surface area contributed by atoms with Crippen LogP contribution in [0.5, 0.6) is 0 Å². The lowest BCUT2D eigenvalue weighted by Crippen LogP contribution is -1.97. The SMILES string of the molecule is Cn1cc(-c2cccc(Cl)c2Cl)c(-c2cc(-c3cccnc3)cnc2N)n1. The topological polar surface area (TPSA) is 69.6 Å². The Morgan fingerprint density at radius 2 is 1.81 bits per heavy atom. The third-order valence-corrected chi connectivity index (χ3v) is 5.06. The van der Waals surface area contributed by atoms with Crippen molar-refractivity contribution in [1.29, 1.82) is 0 Å². The molecule has 0 saturated carbocycles. The van der Waals surface area contributed by atoms with Crippen molar-refractivity contribution < 1.29 is 0 Å². The fraction of sp³-hybridized carbons (Fsp3) is 0.0500. The van der Waals surface area contributed by atoms with Crippen LogP contribution in [0.2, 0.25) is 10.0 Å². The number of halogens is 2. The second-order valence-corrected chi connectivity index (χ2v) is 6.85. The van der Waals surface area contributed by atoms with E-state index in [1.54, 1.807) is 29.3 Å². The molecule has 4 aromatic rings. The Kier molecular flexibility index (Phi) is 4.56. The highest BCUT2D eigenvalue weighted by molar-refractivity contribution is 6.43. The Bertz CT molecular complexity index is 1120. The normalized spacial score (nSPS) is 10.9. The molecule has 0 bridgehead atoms. The van der Waals surface area contributed by atoms with E-state index in [-0.39, 0.29) is 0 Å². The number of pyridine rings is 2. The monoisotopic (exact) mass is 395 g/mol. The summed E-state index contributed by atoms with van der Waals surface area (Å²) < 4.78 is 1.72. The Morgan fingerprint density at radius 3 is 2.59 bits per heavy atom. The molecule has 0 aliphatic heterocycles. The van der Waals surface area contributed by atoms with Crippen LogP contribution in [0.15, 0.2) is 61.2 Å². The molecule has 0 unspecified atom stereocenters. The molecule has 0 fully saturated rings. The van der Waals surface area contributed by atoms with E-state index >= 15 is 0 Å². The van der Waals surface area contributed by atoms with Gasteiger partial charge in [0.1, 0.15) is 11.5 Å². The molecule has 0 aliphatic rings. The Morgan fingerprint density at radius 1 is 0.963 bits per heavy atom. The number of hydrogen-bond acceptors (Lipinski definition) is 4. The van der Waals surface area contributed by atoms with Crippen LogP contribution in [0.25, 0.3) is 33.5 Å². The van der Waals surface area contributed by atoms with Crippen molar-refractivity contribution in [1.82, 2.24) is 19.7 Å². The van der Waals surface area contributed by atoms with Gasteiger partial charge in [-0.05, 0) is 18.2 Å². The van der Waals surface area contributed by atoms with Crippen molar-refractivity contribution in [3.05, 3.63) is 71.2 Å². The lowest BCUT2D eigenvalue weighted by atomic mass is 10.00. The van der Waals surface area contributed by atoms with Crippen LogP contribution >= 0.6 is 23.2 Å². The van der Waals surface area contributed by atoms with Gasteiger partial charge in [0.05, 0.1) is 10.0 Å². The van der Waals surface area contributed by atoms with Gasteiger partial charge < -0.3 is 5.73 Å². The predicted octanol–water partition coefficient (Wildman–Crippen LogP) is 5.10. The van der Waals surface area contributed by atoms with Crippen LogP contribution in [0.3, 0.4) is 0 Å². The fourth-order valence-electron chi connectivity index (χ4n) is 2.95. The highest BCUT2D eigenvalue weighted by Crippen LogP contribution is 2.40. The maximum Gasteiger partial charge on any atom is 0.132 e. The van der Waals surface area contributed by atoms with Crippen LogP contribution in [-0.2, 0) is 7.05 Å². The number of aryl methyl sites for hydroxylation is 1. The van der Waals surface area contributed by atoms with Gasteiger partial charge in [0.15, 0.2) is 0 Å². The number of nitrogens with zero attached hydrogens (tertiary/aromatic N) is 4. The quantitative estimate of drug-likeness (QED) is 0.523. The first-order valence-corrected chi connectivity index (χ1v) is 8.94. The molecular weight excluding hydrogens is 381 g/mol. The third-order valence-electron chi connectivity index (χ3n) is 4.24. The van der Waals surface area contributed by atoms with Crippen LogP contribution in [0.4, 0.5) is 5.82 Å². The highest BCUT2D eigenvalue weighted by Gasteiger charge is 2.19. The third kappa shape index (κ3) is 3.27. The molecule has 5 nitrogen and oxygen atoms in total. The highest BCUT2D eigenvalue weighted by atomic mass is 35.5. The summed E-state index contributed by atoms with van der Waals surface area (Å²) in [7, 11) is 1.85. The van der Waals surface area contributed by atoms with E-state index < -0.39 is 0 Å². The molecule has 27 heavy (non-hydrogen) atoms. The lowest BCUT2D eigenvalue weighted by Gasteiger charge is -2.09. The Balaban J connectivity index is 1.92. The molecule has 0 radical (unpaired) electrons. The van der Waals surface area contributed by atoms with Crippen molar-refractivity contribution >= 4 is 29.0 Å². The van der Waals surface area contributed by atoms with E-state index in [0.717, 1.165) is 27.8 Å². The molecule has 0 atom stereocenters. The Hall–Kier alpha value is -2.89. The zero-order valence-electron chi connectivity index (χ0n) is 14.4. The summed E-state index contributed by atoms with van der Waals surface area (Å²) in [5.41, 5.74) is 11.1. The molecule has 0 spiro atoms. The van der Waals surface area contributed by atoms with Crippen molar-refractivity contribution in [2.24, 2.45) is 7.05 Å². The Labute approximate surface area is 166 Å². The average Bonchev–Trinajstić information content (AvgIpc) is 3.06. The van der Waals surface area contributed by atoms with E-state index in [2.05, 4.69) is 15.1 Å². The van der Waals surface area contributed by atoms with Gasteiger partial charge in [0.2, 0.25) is 0 Å². The first-order valence-electron chi connectivity index (χ1n) is 8.19. The number of hydrogen-bond donors (Lipinski definition) is 1.